The first-order chi connectivity index (χ1) is 6.62. The Hall–Kier alpha value is -0.650. The number of hydrogen-bond donors (Lipinski definition) is 3. The maximum atomic E-state index is 11.6. The van der Waals surface area contributed by atoms with Crippen molar-refractivity contribution in [3.63, 3.8) is 0 Å². The Bertz CT molecular complexity index is 197. The molecule has 1 fully saturated rings. The first-order valence-electron chi connectivity index (χ1n) is 4.79. The number of nitrogens with one attached hydrogen (secondary N) is 1. The summed E-state index contributed by atoms with van der Waals surface area (Å²) in [5.41, 5.74) is -0.789. The monoisotopic (exact) mass is 203 g/mol. The molecule has 1 atom stereocenters. The van der Waals surface area contributed by atoms with Crippen molar-refractivity contribution in [2.75, 3.05) is 19.8 Å². The van der Waals surface area contributed by atoms with Gasteiger partial charge in [0.2, 0.25) is 0 Å². The van der Waals surface area contributed by atoms with Gasteiger partial charge < -0.3 is 20.3 Å². The molecule has 1 heterocycles. The Kier molecular flexibility index (Phi) is 3.86. The average Bonchev–Trinajstić information content (AvgIpc) is 2.62. The van der Waals surface area contributed by atoms with Gasteiger partial charge in [-0.05, 0) is 19.8 Å². The molecule has 0 aromatic heterocycles. The molecule has 1 amide bonds. The second-order valence-electron chi connectivity index (χ2n) is 3.72. The van der Waals surface area contributed by atoms with Gasteiger partial charge in [-0.2, -0.15) is 0 Å². The van der Waals surface area contributed by atoms with Crippen LogP contribution in [0.2, 0.25) is 0 Å². The lowest BCUT2D eigenvalue weighted by molar-refractivity contribution is -0.140. The third-order valence-electron chi connectivity index (χ3n) is 2.48. The van der Waals surface area contributed by atoms with E-state index in [0.717, 1.165) is 6.42 Å². The minimum atomic E-state index is -0.789. The number of rotatable bonds is 4. The van der Waals surface area contributed by atoms with Crippen molar-refractivity contribution >= 4 is 5.91 Å². The van der Waals surface area contributed by atoms with Crippen molar-refractivity contribution in [3.05, 3.63) is 0 Å². The van der Waals surface area contributed by atoms with Gasteiger partial charge in [-0.1, -0.05) is 0 Å². The van der Waals surface area contributed by atoms with Crippen LogP contribution in [-0.4, -0.2) is 47.6 Å². The zero-order valence-corrected chi connectivity index (χ0v) is 8.32. The highest BCUT2D eigenvalue weighted by Crippen LogP contribution is 2.24. The molecule has 3 N–H and O–H groups in total. The topological polar surface area (TPSA) is 78.8 Å². The smallest absolute Gasteiger partial charge is 0.252 e. The fraction of sp³-hybridized carbons (Fsp3) is 0.889. The van der Waals surface area contributed by atoms with Crippen LogP contribution < -0.4 is 5.32 Å². The molecule has 1 saturated heterocycles. The van der Waals surface area contributed by atoms with Gasteiger partial charge in [-0.15, -0.1) is 0 Å². The fourth-order valence-corrected chi connectivity index (χ4v) is 1.45. The van der Waals surface area contributed by atoms with Crippen LogP contribution in [0.1, 0.15) is 19.8 Å². The van der Waals surface area contributed by atoms with Gasteiger partial charge in [0.25, 0.3) is 5.91 Å². The highest BCUT2D eigenvalue weighted by atomic mass is 16.5. The number of hydrogen-bond acceptors (Lipinski definition) is 4. The molecule has 1 unspecified atom stereocenters. The summed E-state index contributed by atoms with van der Waals surface area (Å²) in [7, 11) is 0. The van der Waals surface area contributed by atoms with Gasteiger partial charge in [0.15, 0.2) is 0 Å². The van der Waals surface area contributed by atoms with Crippen molar-refractivity contribution < 1.29 is 19.7 Å². The number of aliphatic hydroxyl groups is 2. The van der Waals surface area contributed by atoms with E-state index in [1.807, 2.05) is 0 Å². The number of ether oxygens (including phenoxy) is 1. The second kappa shape index (κ2) is 4.72. The average molecular weight is 203 g/mol. The lowest BCUT2D eigenvalue weighted by Crippen LogP contribution is -2.50. The maximum absolute atomic E-state index is 11.6. The van der Waals surface area contributed by atoms with Crippen LogP contribution in [0.15, 0.2) is 0 Å². The molecular formula is C9H17NO4. The highest BCUT2D eigenvalue weighted by molar-refractivity contribution is 5.85. The SMILES string of the molecule is CC1(C(=O)NC(CO)CO)CCCO1. The Morgan fingerprint density at radius 2 is 2.21 bits per heavy atom. The number of amides is 1. The van der Waals surface area contributed by atoms with Crippen molar-refractivity contribution in [2.45, 2.75) is 31.4 Å². The van der Waals surface area contributed by atoms with Crippen LogP contribution >= 0.6 is 0 Å². The van der Waals surface area contributed by atoms with Crippen LogP contribution in [0.3, 0.4) is 0 Å². The molecule has 0 aromatic carbocycles. The number of carbonyl (C=O) groups is 1. The molecular weight excluding hydrogens is 186 g/mol. The first-order valence-corrected chi connectivity index (χ1v) is 4.79. The summed E-state index contributed by atoms with van der Waals surface area (Å²) >= 11 is 0. The van der Waals surface area contributed by atoms with Crippen LogP contribution in [-0.2, 0) is 9.53 Å². The van der Waals surface area contributed by atoms with E-state index in [9.17, 15) is 4.79 Å². The molecule has 14 heavy (non-hydrogen) atoms. The molecule has 1 aliphatic heterocycles. The van der Waals surface area contributed by atoms with Gasteiger partial charge in [0.1, 0.15) is 5.60 Å². The summed E-state index contributed by atoms with van der Waals surface area (Å²) in [6, 6.07) is -0.594. The Morgan fingerprint density at radius 3 is 2.64 bits per heavy atom. The molecule has 5 nitrogen and oxygen atoms in total. The van der Waals surface area contributed by atoms with E-state index in [-0.39, 0.29) is 19.1 Å². The predicted molar refractivity (Wildman–Crippen MR) is 49.7 cm³/mol. The Labute approximate surface area is 83.1 Å². The van der Waals surface area contributed by atoms with Crippen LogP contribution in [0, 0.1) is 0 Å². The fourth-order valence-electron chi connectivity index (χ4n) is 1.45. The summed E-state index contributed by atoms with van der Waals surface area (Å²) in [5.74, 6) is -0.261. The maximum Gasteiger partial charge on any atom is 0.252 e. The first kappa shape index (κ1) is 11.4. The Balaban J connectivity index is 2.48. The van der Waals surface area contributed by atoms with Gasteiger partial charge in [-0.3, -0.25) is 4.79 Å². The predicted octanol–water partition coefficient (Wildman–Crippen LogP) is -0.975. The third-order valence-corrected chi connectivity index (χ3v) is 2.48. The minimum Gasteiger partial charge on any atom is -0.394 e. The molecule has 0 bridgehead atoms. The van der Waals surface area contributed by atoms with Crippen LogP contribution in [0.4, 0.5) is 0 Å². The lowest BCUT2D eigenvalue weighted by Gasteiger charge is -2.24. The van der Waals surface area contributed by atoms with E-state index in [2.05, 4.69) is 5.32 Å². The zero-order chi connectivity index (χ0) is 10.6. The van der Waals surface area contributed by atoms with E-state index >= 15 is 0 Å². The lowest BCUT2D eigenvalue weighted by atomic mass is 10.0. The summed E-state index contributed by atoms with van der Waals surface area (Å²) in [5, 5.41) is 20.1. The standard InChI is InChI=1S/C9H17NO4/c1-9(3-2-4-14-9)8(13)10-7(5-11)6-12/h7,11-12H,2-6H2,1H3,(H,10,13). The second-order valence-corrected chi connectivity index (χ2v) is 3.72. The largest absolute Gasteiger partial charge is 0.394 e. The minimum absolute atomic E-state index is 0.261. The van der Waals surface area contributed by atoms with Crippen molar-refractivity contribution in [2.24, 2.45) is 0 Å². The van der Waals surface area contributed by atoms with E-state index in [0.29, 0.717) is 13.0 Å². The van der Waals surface area contributed by atoms with Gasteiger partial charge in [0.05, 0.1) is 19.3 Å². The quantitative estimate of drug-likeness (QED) is 0.549. The molecule has 5 heteroatoms. The van der Waals surface area contributed by atoms with Crippen LogP contribution in [0.25, 0.3) is 0 Å². The molecule has 1 rings (SSSR count). The van der Waals surface area contributed by atoms with Gasteiger partial charge in [0, 0.05) is 6.61 Å². The normalized spacial score (nSPS) is 26.9. The number of carbonyl (C=O) groups excluding carboxylic acids is 1. The molecule has 0 spiro atoms. The molecule has 0 saturated carbocycles. The summed E-state index contributed by atoms with van der Waals surface area (Å²) in [4.78, 5) is 11.6. The van der Waals surface area contributed by atoms with Crippen molar-refractivity contribution in [1.82, 2.24) is 5.32 Å². The van der Waals surface area contributed by atoms with Crippen LogP contribution in [0.5, 0.6) is 0 Å². The summed E-state index contributed by atoms with van der Waals surface area (Å²) in [6.45, 7) is 1.78. The number of aliphatic hydroxyl groups excluding tert-OH is 2. The van der Waals surface area contributed by atoms with E-state index in [1.165, 1.54) is 0 Å². The molecule has 82 valence electrons. The molecule has 0 aliphatic carbocycles. The van der Waals surface area contributed by atoms with Crippen molar-refractivity contribution in [3.8, 4) is 0 Å². The molecule has 1 aliphatic rings. The van der Waals surface area contributed by atoms with Gasteiger partial charge in [-0.25, -0.2) is 0 Å². The molecule has 0 radical (unpaired) electrons. The van der Waals surface area contributed by atoms with Crippen molar-refractivity contribution in [1.29, 1.82) is 0 Å². The van der Waals surface area contributed by atoms with E-state index in [1.54, 1.807) is 6.92 Å². The zero-order valence-electron chi connectivity index (χ0n) is 8.32. The van der Waals surface area contributed by atoms with E-state index < -0.39 is 11.6 Å². The van der Waals surface area contributed by atoms with Gasteiger partial charge >= 0.3 is 0 Å². The molecule has 0 aromatic rings. The third kappa shape index (κ3) is 2.43. The summed E-state index contributed by atoms with van der Waals surface area (Å²) in [6.07, 6.45) is 1.55. The summed E-state index contributed by atoms with van der Waals surface area (Å²) < 4.78 is 5.32. The Morgan fingerprint density at radius 1 is 1.57 bits per heavy atom. The van der Waals surface area contributed by atoms with E-state index in [4.69, 9.17) is 14.9 Å². The highest BCUT2D eigenvalue weighted by Gasteiger charge is 2.38.